The van der Waals surface area contributed by atoms with Gasteiger partial charge in [0.25, 0.3) is 5.91 Å². The quantitative estimate of drug-likeness (QED) is 0.0917. The maximum Gasteiger partial charge on any atom is 0.255 e. The molecule has 0 saturated carbocycles. The molecule has 4 saturated heterocycles. The van der Waals surface area contributed by atoms with Crippen molar-refractivity contribution in [1.82, 2.24) is 35.3 Å². The van der Waals surface area contributed by atoms with E-state index in [1.54, 1.807) is 18.3 Å². The standard InChI is InChI=1S/C47H58N10O6S/c1-46(48)16-20-55(21-17-46)38-26-51-42(27-49-38)64-35-8-6-7-34(24-35)52-40(59)9-4-2-3-5-19-54-29-47(30-54)18-22-56(31-47)43(61)15-14-39(58)50-25-32-10-11-36-33(23-32)28-57(45(36)63)37-12-13-41(60)53-44(37)62/h6-8,10-11,14-15,23-24,26-27,37H,2-5,9,12-13,16-22,25,28-31,48H2,1H3,(H,50,58)(H,52,59)(H,53,60,62)/b15-14+. The van der Waals surface area contributed by atoms with Crippen molar-refractivity contribution >= 4 is 58.7 Å². The summed E-state index contributed by atoms with van der Waals surface area (Å²) in [7, 11) is 0. The number of anilines is 2. The van der Waals surface area contributed by atoms with Crippen molar-refractivity contribution in [1.29, 1.82) is 0 Å². The van der Waals surface area contributed by atoms with Crippen LogP contribution in [0.2, 0.25) is 0 Å². The minimum atomic E-state index is -0.684. The highest BCUT2D eigenvalue weighted by Crippen LogP contribution is 2.40. The summed E-state index contributed by atoms with van der Waals surface area (Å²) < 4.78 is 0. The molecule has 1 spiro atoms. The molecule has 5 N–H and O–H groups in total. The number of nitrogens with one attached hydrogen (secondary N) is 3. The maximum atomic E-state index is 13.0. The smallest absolute Gasteiger partial charge is 0.255 e. The Morgan fingerprint density at radius 1 is 0.938 bits per heavy atom. The lowest BCUT2D eigenvalue weighted by atomic mass is 9.79. The molecule has 2 aromatic carbocycles. The average Bonchev–Trinajstić information content (AvgIpc) is 3.85. The molecule has 6 heterocycles. The van der Waals surface area contributed by atoms with Gasteiger partial charge in [0.2, 0.25) is 29.5 Å². The number of imide groups is 1. The SMILES string of the molecule is CC1(N)CCN(c2cnc(Sc3cccc(NC(=O)CCCCCCN4CC5(CCN(C(=O)/C=C/C(=O)NCc6ccc7c(c6)CN(C6CCC(=O)NC6=O)C7=O)C5)C4)c3)cn2)CC1. The third-order valence-electron chi connectivity index (χ3n) is 13.1. The number of nitrogens with zero attached hydrogens (tertiary/aromatic N) is 6. The van der Waals surface area contributed by atoms with Crippen molar-refractivity contribution in [3.05, 3.63) is 83.7 Å². The zero-order chi connectivity index (χ0) is 44.8. The number of carbonyl (C=O) groups excluding carboxylic acids is 6. The van der Waals surface area contributed by atoms with Crippen LogP contribution in [0.25, 0.3) is 0 Å². The van der Waals surface area contributed by atoms with E-state index in [1.165, 1.54) is 28.8 Å². The topological polar surface area (TPSA) is 203 Å². The van der Waals surface area contributed by atoms with Crippen LogP contribution in [0.5, 0.6) is 0 Å². The number of benzene rings is 2. The van der Waals surface area contributed by atoms with E-state index in [4.69, 9.17) is 5.73 Å². The normalized spacial score (nSPS) is 20.4. The number of amides is 6. The van der Waals surface area contributed by atoms with Gasteiger partial charge in [-0.2, -0.15) is 0 Å². The Balaban J connectivity index is 0.671. The number of aromatic nitrogens is 2. The second-order valence-corrected chi connectivity index (χ2v) is 19.5. The number of rotatable bonds is 16. The molecular weight excluding hydrogens is 833 g/mol. The van der Waals surface area contributed by atoms with Gasteiger partial charge in [0.15, 0.2) is 0 Å². The Kier molecular flexibility index (Phi) is 13.8. The molecule has 3 aromatic rings. The van der Waals surface area contributed by atoms with Gasteiger partial charge in [-0.25, -0.2) is 9.97 Å². The maximum absolute atomic E-state index is 13.0. The first-order chi connectivity index (χ1) is 30.8. The molecule has 5 aliphatic heterocycles. The third kappa shape index (κ3) is 11.2. The first-order valence-electron chi connectivity index (χ1n) is 22.5. The van der Waals surface area contributed by atoms with Crippen molar-refractivity contribution in [2.45, 2.75) is 106 Å². The highest BCUT2D eigenvalue weighted by Gasteiger charge is 2.48. The first kappa shape index (κ1) is 44.9. The molecule has 0 radical (unpaired) electrons. The summed E-state index contributed by atoms with van der Waals surface area (Å²) in [6, 6.07) is 12.4. The average molecular weight is 891 g/mol. The number of fused-ring (bicyclic) bond motifs is 1. The largest absolute Gasteiger partial charge is 0.355 e. The van der Waals surface area contributed by atoms with Gasteiger partial charge in [-0.3, -0.25) is 34.1 Å². The molecule has 5 aliphatic rings. The van der Waals surface area contributed by atoms with Crippen LogP contribution in [0.1, 0.15) is 92.6 Å². The van der Waals surface area contributed by atoms with Crippen LogP contribution in [0.4, 0.5) is 11.5 Å². The van der Waals surface area contributed by atoms with Crippen LogP contribution >= 0.6 is 11.8 Å². The summed E-state index contributed by atoms with van der Waals surface area (Å²) in [5.41, 5.74) is 9.11. The van der Waals surface area contributed by atoms with E-state index in [0.717, 1.165) is 110 Å². The molecule has 16 nitrogen and oxygen atoms in total. The molecule has 64 heavy (non-hydrogen) atoms. The fourth-order valence-electron chi connectivity index (χ4n) is 9.41. The zero-order valence-corrected chi connectivity index (χ0v) is 37.3. The van der Waals surface area contributed by atoms with E-state index < -0.39 is 11.9 Å². The number of unbranched alkanes of at least 4 members (excludes halogenated alkanes) is 3. The fourth-order valence-corrected chi connectivity index (χ4v) is 10.2. The van der Waals surface area contributed by atoms with Gasteiger partial charge in [-0.05, 0) is 87.4 Å². The number of nitrogens with two attached hydrogens (primary N) is 1. The summed E-state index contributed by atoms with van der Waals surface area (Å²) in [4.78, 5) is 93.5. The second kappa shape index (κ2) is 19.6. The van der Waals surface area contributed by atoms with Crippen molar-refractivity contribution in [3.63, 3.8) is 0 Å². The van der Waals surface area contributed by atoms with E-state index in [-0.39, 0.29) is 60.0 Å². The molecule has 17 heteroatoms. The van der Waals surface area contributed by atoms with Gasteiger partial charge in [0.1, 0.15) is 16.9 Å². The van der Waals surface area contributed by atoms with Crippen LogP contribution in [0, 0.1) is 5.41 Å². The molecule has 6 amide bonds. The molecule has 0 aliphatic carbocycles. The van der Waals surface area contributed by atoms with Crippen LogP contribution in [-0.2, 0) is 37.1 Å². The summed E-state index contributed by atoms with van der Waals surface area (Å²) >= 11 is 1.52. The number of piperidine rings is 2. The minimum absolute atomic E-state index is 0.0133. The molecular formula is C47H58N10O6S. The lowest BCUT2D eigenvalue weighted by molar-refractivity contribution is -0.137. The predicted octanol–water partition coefficient (Wildman–Crippen LogP) is 4.00. The number of hydrogen-bond donors (Lipinski definition) is 4. The van der Waals surface area contributed by atoms with Gasteiger partial charge in [0, 0.05) is 104 Å². The van der Waals surface area contributed by atoms with Crippen LogP contribution in [-0.4, -0.2) is 118 Å². The Morgan fingerprint density at radius 2 is 1.75 bits per heavy atom. The Labute approximate surface area is 378 Å². The Morgan fingerprint density at radius 3 is 2.53 bits per heavy atom. The summed E-state index contributed by atoms with van der Waals surface area (Å²) in [5, 5.41) is 8.97. The Bertz CT molecular complexity index is 2290. The monoisotopic (exact) mass is 890 g/mol. The molecule has 1 unspecified atom stereocenters. The number of hydrogen-bond acceptors (Lipinski definition) is 12. The lowest BCUT2D eigenvalue weighted by Crippen LogP contribution is -2.57. The summed E-state index contributed by atoms with van der Waals surface area (Å²) in [5.74, 6) is -0.707. The number of carbonyl (C=O) groups is 6. The van der Waals surface area contributed by atoms with Crippen LogP contribution < -0.4 is 26.6 Å². The summed E-state index contributed by atoms with van der Waals surface area (Å²) in [6.07, 6.45) is 13.9. The van der Waals surface area contributed by atoms with Crippen LogP contribution in [0.3, 0.4) is 0 Å². The predicted molar refractivity (Wildman–Crippen MR) is 242 cm³/mol. The van der Waals surface area contributed by atoms with E-state index in [9.17, 15) is 28.8 Å². The summed E-state index contributed by atoms with van der Waals surface area (Å²) in [6.45, 7) is 8.61. The van der Waals surface area contributed by atoms with E-state index >= 15 is 0 Å². The molecule has 1 atom stereocenters. The van der Waals surface area contributed by atoms with E-state index in [2.05, 4.69) is 42.6 Å². The van der Waals surface area contributed by atoms with Gasteiger partial charge in [-0.15, -0.1) is 0 Å². The second-order valence-electron chi connectivity index (χ2n) is 18.4. The molecule has 1 aromatic heterocycles. The molecule has 4 fully saturated rings. The Hall–Kier alpha value is -5.65. The third-order valence-corrected chi connectivity index (χ3v) is 14.0. The van der Waals surface area contributed by atoms with Crippen molar-refractivity contribution in [3.8, 4) is 0 Å². The first-order valence-corrected chi connectivity index (χ1v) is 23.3. The molecule has 0 bridgehead atoms. The zero-order valence-electron chi connectivity index (χ0n) is 36.5. The van der Waals surface area contributed by atoms with E-state index in [0.29, 0.717) is 31.5 Å². The highest BCUT2D eigenvalue weighted by atomic mass is 32.2. The van der Waals surface area contributed by atoms with E-state index in [1.807, 2.05) is 41.4 Å². The van der Waals surface area contributed by atoms with Crippen molar-refractivity contribution in [2.24, 2.45) is 11.1 Å². The van der Waals surface area contributed by atoms with Gasteiger partial charge in [-0.1, -0.05) is 42.8 Å². The van der Waals surface area contributed by atoms with Gasteiger partial charge in [0.05, 0.1) is 12.4 Å². The lowest BCUT2D eigenvalue weighted by Gasteiger charge is -2.48. The minimum Gasteiger partial charge on any atom is -0.355 e. The highest BCUT2D eigenvalue weighted by molar-refractivity contribution is 7.99. The molecule has 338 valence electrons. The number of likely N-dealkylation sites (tertiary alicyclic amines) is 2. The van der Waals surface area contributed by atoms with Crippen LogP contribution in [0.15, 0.2) is 76.9 Å². The van der Waals surface area contributed by atoms with Gasteiger partial charge < -0.3 is 36.0 Å². The van der Waals surface area contributed by atoms with Gasteiger partial charge >= 0.3 is 0 Å². The molecule has 8 rings (SSSR count). The van der Waals surface area contributed by atoms with Crippen molar-refractivity contribution in [2.75, 3.05) is 56.0 Å². The van der Waals surface area contributed by atoms with Crippen molar-refractivity contribution < 1.29 is 28.8 Å². The fraction of sp³-hybridized carbons (Fsp3) is 0.489.